The number of likely N-dealkylation sites (tertiary alicyclic amines) is 1. The molecule has 112 valence electrons. The van der Waals surface area contributed by atoms with Gasteiger partial charge in [0.1, 0.15) is 12.2 Å². The predicted octanol–water partition coefficient (Wildman–Crippen LogP) is 1.89. The molecule has 2 aliphatic rings. The molecular formula is C15H26N4O. The Labute approximate surface area is 121 Å². The number of aromatic nitrogens is 3. The summed E-state index contributed by atoms with van der Waals surface area (Å²) < 4.78 is 2.01. The summed E-state index contributed by atoms with van der Waals surface area (Å²) >= 11 is 0. The monoisotopic (exact) mass is 278 g/mol. The first kappa shape index (κ1) is 14.0. The van der Waals surface area contributed by atoms with Crippen LogP contribution < -0.4 is 0 Å². The van der Waals surface area contributed by atoms with Crippen LogP contribution in [0.3, 0.4) is 0 Å². The number of β-amino-alcohol motifs (C(OH)–C–C–N with tert-alkyl or cyclic N) is 1. The van der Waals surface area contributed by atoms with Gasteiger partial charge in [-0.3, -0.25) is 4.90 Å². The van der Waals surface area contributed by atoms with E-state index in [9.17, 15) is 5.11 Å². The summed E-state index contributed by atoms with van der Waals surface area (Å²) in [5.74, 6) is 1.80. The van der Waals surface area contributed by atoms with Gasteiger partial charge in [0.2, 0.25) is 0 Å². The van der Waals surface area contributed by atoms with Crippen LogP contribution in [0.25, 0.3) is 0 Å². The molecule has 0 bridgehead atoms. The summed E-state index contributed by atoms with van der Waals surface area (Å²) in [5.41, 5.74) is -0.492. The van der Waals surface area contributed by atoms with Gasteiger partial charge < -0.3 is 9.67 Å². The van der Waals surface area contributed by atoms with Crippen molar-refractivity contribution < 1.29 is 5.11 Å². The van der Waals surface area contributed by atoms with Crippen LogP contribution in [0, 0.1) is 5.92 Å². The average molecular weight is 278 g/mol. The van der Waals surface area contributed by atoms with E-state index in [1.165, 1.54) is 6.42 Å². The molecule has 1 aliphatic carbocycles. The zero-order chi connectivity index (χ0) is 14.2. The summed E-state index contributed by atoms with van der Waals surface area (Å²) in [6.45, 7) is 4.14. The molecule has 1 aromatic heterocycles. The van der Waals surface area contributed by atoms with Crippen molar-refractivity contribution in [1.82, 2.24) is 19.7 Å². The Morgan fingerprint density at radius 3 is 2.75 bits per heavy atom. The fourth-order valence-electron chi connectivity index (χ4n) is 3.74. The number of aliphatic hydroxyl groups is 1. The molecule has 1 saturated heterocycles. The van der Waals surface area contributed by atoms with E-state index in [-0.39, 0.29) is 0 Å². The molecule has 1 saturated carbocycles. The lowest BCUT2D eigenvalue weighted by molar-refractivity contribution is -0.0386. The molecule has 0 spiro atoms. The Bertz CT molecular complexity index is 450. The van der Waals surface area contributed by atoms with Gasteiger partial charge in [0, 0.05) is 13.6 Å². The third-order valence-electron chi connectivity index (χ3n) is 5.11. The van der Waals surface area contributed by atoms with E-state index in [0.29, 0.717) is 6.04 Å². The summed E-state index contributed by atoms with van der Waals surface area (Å²) in [6, 6.07) is 0.325. The van der Waals surface area contributed by atoms with E-state index in [4.69, 9.17) is 0 Å². The van der Waals surface area contributed by atoms with Crippen molar-refractivity contribution in [2.24, 2.45) is 13.0 Å². The average Bonchev–Trinajstić information content (AvgIpc) is 3.02. The minimum Gasteiger partial charge on any atom is -0.389 e. The van der Waals surface area contributed by atoms with E-state index in [1.54, 1.807) is 6.33 Å². The highest BCUT2D eigenvalue weighted by molar-refractivity contribution is 5.00. The molecule has 20 heavy (non-hydrogen) atoms. The van der Waals surface area contributed by atoms with Crippen molar-refractivity contribution in [1.29, 1.82) is 0 Å². The van der Waals surface area contributed by atoms with Gasteiger partial charge in [-0.1, -0.05) is 6.92 Å². The third-order valence-corrected chi connectivity index (χ3v) is 5.11. The summed E-state index contributed by atoms with van der Waals surface area (Å²) in [6.07, 6.45) is 8.26. The van der Waals surface area contributed by atoms with E-state index in [1.807, 2.05) is 11.6 Å². The van der Waals surface area contributed by atoms with Gasteiger partial charge >= 0.3 is 0 Å². The number of nitrogens with zero attached hydrogens (tertiary/aromatic N) is 4. The fourth-order valence-corrected chi connectivity index (χ4v) is 3.74. The molecule has 0 radical (unpaired) electrons. The van der Waals surface area contributed by atoms with Crippen LogP contribution in [0.5, 0.6) is 0 Å². The maximum absolute atomic E-state index is 10.8. The van der Waals surface area contributed by atoms with E-state index >= 15 is 0 Å². The van der Waals surface area contributed by atoms with Crippen molar-refractivity contribution in [2.75, 3.05) is 13.1 Å². The van der Waals surface area contributed by atoms with E-state index in [2.05, 4.69) is 22.0 Å². The third kappa shape index (κ3) is 2.74. The largest absolute Gasteiger partial charge is 0.389 e. The van der Waals surface area contributed by atoms with Crippen molar-refractivity contribution in [3.05, 3.63) is 12.2 Å². The minimum absolute atomic E-state index is 0.325. The molecule has 0 amide bonds. The highest BCUT2D eigenvalue weighted by Gasteiger charge is 2.38. The molecular weight excluding hydrogens is 252 g/mol. The Hall–Kier alpha value is -0.940. The highest BCUT2D eigenvalue weighted by atomic mass is 16.3. The van der Waals surface area contributed by atoms with Gasteiger partial charge in [0.05, 0.1) is 11.6 Å². The van der Waals surface area contributed by atoms with Gasteiger partial charge in [0.25, 0.3) is 0 Å². The fraction of sp³-hybridized carbons (Fsp3) is 0.867. The lowest BCUT2D eigenvalue weighted by Gasteiger charge is -2.39. The van der Waals surface area contributed by atoms with Crippen LogP contribution in [0.15, 0.2) is 6.33 Å². The second kappa shape index (κ2) is 5.45. The summed E-state index contributed by atoms with van der Waals surface area (Å²) in [7, 11) is 2.00. The number of rotatable bonds is 3. The van der Waals surface area contributed by atoms with Gasteiger partial charge in [-0.25, -0.2) is 0 Å². The number of hydrogen-bond acceptors (Lipinski definition) is 4. The minimum atomic E-state index is -0.492. The molecule has 1 aromatic rings. The van der Waals surface area contributed by atoms with Crippen molar-refractivity contribution in [3.8, 4) is 0 Å². The van der Waals surface area contributed by atoms with Crippen molar-refractivity contribution >= 4 is 0 Å². The molecule has 5 heteroatoms. The lowest BCUT2D eigenvalue weighted by Crippen LogP contribution is -2.45. The van der Waals surface area contributed by atoms with Crippen LogP contribution >= 0.6 is 0 Å². The molecule has 1 atom stereocenters. The Kier molecular flexibility index (Phi) is 3.82. The zero-order valence-corrected chi connectivity index (χ0v) is 12.6. The maximum atomic E-state index is 10.8. The van der Waals surface area contributed by atoms with Gasteiger partial charge in [-0.05, 0) is 51.0 Å². The highest BCUT2D eigenvalue weighted by Crippen LogP contribution is 2.37. The standard InChI is InChI=1S/C15H26N4O/c1-12-5-7-15(20,8-6-12)10-19-9-3-4-13(19)14-17-16-11-18(14)2/h11-13,20H,3-10H2,1-2H3. The van der Waals surface area contributed by atoms with Gasteiger partial charge in [-0.2, -0.15) is 0 Å². The van der Waals surface area contributed by atoms with Crippen LogP contribution in [0.1, 0.15) is 57.3 Å². The van der Waals surface area contributed by atoms with Crippen LogP contribution in [-0.4, -0.2) is 43.5 Å². The quantitative estimate of drug-likeness (QED) is 0.917. The van der Waals surface area contributed by atoms with Gasteiger partial charge in [0.15, 0.2) is 0 Å². The summed E-state index contributed by atoms with van der Waals surface area (Å²) in [4.78, 5) is 2.42. The first-order valence-corrected chi connectivity index (χ1v) is 7.88. The second-order valence-electron chi connectivity index (χ2n) is 6.84. The number of hydrogen-bond donors (Lipinski definition) is 1. The lowest BCUT2D eigenvalue weighted by atomic mass is 9.79. The Morgan fingerprint density at radius 1 is 1.35 bits per heavy atom. The second-order valence-corrected chi connectivity index (χ2v) is 6.84. The molecule has 3 rings (SSSR count). The molecule has 1 N–H and O–H groups in total. The Balaban J connectivity index is 1.69. The normalized spacial score (nSPS) is 35.5. The predicted molar refractivity (Wildman–Crippen MR) is 77.1 cm³/mol. The smallest absolute Gasteiger partial charge is 0.149 e. The zero-order valence-electron chi connectivity index (χ0n) is 12.6. The molecule has 1 unspecified atom stereocenters. The first-order chi connectivity index (χ1) is 9.57. The topological polar surface area (TPSA) is 54.2 Å². The van der Waals surface area contributed by atoms with Crippen molar-refractivity contribution in [3.63, 3.8) is 0 Å². The van der Waals surface area contributed by atoms with Crippen LogP contribution in [0.4, 0.5) is 0 Å². The van der Waals surface area contributed by atoms with Crippen LogP contribution in [-0.2, 0) is 7.05 Å². The molecule has 1 aliphatic heterocycles. The van der Waals surface area contributed by atoms with E-state index < -0.39 is 5.60 Å². The molecule has 0 aromatic carbocycles. The summed E-state index contributed by atoms with van der Waals surface area (Å²) in [5, 5.41) is 19.1. The molecule has 5 nitrogen and oxygen atoms in total. The van der Waals surface area contributed by atoms with Crippen molar-refractivity contribution in [2.45, 2.75) is 57.1 Å². The molecule has 2 fully saturated rings. The first-order valence-electron chi connectivity index (χ1n) is 7.88. The van der Waals surface area contributed by atoms with Crippen LogP contribution in [0.2, 0.25) is 0 Å². The Morgan fingerprint density at radius 2 is 2.10 bits per heavy atom. The maximum Gasteiger partial charge on any atom is 0.149 e. The van der Waals surface area contributed by atoms with E-state index in [0.717, 1.165) is 56.9 Å². The van der Waals surface area contributed by atoms with Gasteiger partial charge in [-0.15, -0.1) is 10.2 Å². The molecule has 2 heterocycles. The SMILES string of the molecule is CC1CCC(O)(CN2CCCC2c2nncn2C)CC1. The number of aryl methyl sites for hydroxylation is 1.